The highest BCUT2D eigenvalue weighted by molar-refractivity contribution is 6.30. The van der Waals surface area contributed by atoms with E-state index in [1.807, 2.05) is 0 Å². The highest BCUT2D eigenvalue weighted by Crippen LogP contribution is 2.21. The third-order valence-electron chi connectivity index (χ3n) is 2.64. The van der Waals surface area contributed by atoms with Gasteiger partial charge in [-0.25, -0.2) is 4.39 Å². The molecule has 2 rings (SSSR count). The van der Waals surface area contributed by atoms with E-state index in [4.69, 9.17) is 11.6 Å². The topological polar surface area (TPSA) is 29.1 Å². The minimum Gasteiger partial charge on any atom is -0.356 e. The number of rotatable bonds is 2. The smallest absolute Gasteiger partial charge is 0.223 e. The maximum atomic E-state index is 13.4. The van der Waals surface area contributed by atoms with Gasteiger partial charge in [-0.3, -0.25) is 4.79 Å². The molecule has 0 aliphatic carbocycles. The molecule has 1 N–H and O–H groups in total. The zero-order valence-corrected chi connectivity index (χ0v) is 8.85. The Kier molecular flexibility index (Phi) is 2.91. The minimum absolute atomic E-state index is 0.00868. The first kappa shape index (κ1) is 10.4. The SMILES string of the molecule is O=C1NCCC1Cc1cc(Cl)ccc1F. The Balaban J connectivity index is 2.16. The summed E-state index contributed by atoms with van der Waals surface area (Å²) in [6.07, 6.45) is 1.20. The summed E-state index contributed by atoms with van der Waals surface area (Å²) in [6.45, 7) is 0.686. The molecule has 1 aromatic carbocycles. The molecule has 1 aromatic rings. The van der Waals surface area contributed by atoms with Gasteiger partial charge in [0, 0.05) is 17.5 Å². The van der Waals surface area contributed by atoms with Crippen molar-refractivity contribution in [3.8, 4) is 0 Å². The van der Waals surface area contributed by atoms with Crippen molar-refractivity contribution in [3.63, 3.8) is 0 Å². The molecule has 1 fully saturated rings. The van der Waals surface area contributed by atoms with Crippen molar-refractivity contribution in [3.05, 3.63) is 34.6 Å². The fraction of sp³-hybridized carbons (Fsp3) is 0.364. The molecule has 0 radical (unpaired) electrons. The van der Waals surface area contributed by atoms with E-state index in [2.05, 4.69) is 5.32 Å². The van der Waals surface area contributed by atoms with Crippen LogP contribution in [0.5, 0.6) is 0 Å². The molecule has 0 saturated carbocycles. The fourth-order valence-electron chi connectivity index (χ4n) is 1.80. The van der Waals surface area contributed by atoms with Crippen LogP contribution in [0.4, 0.5) is 4.39 Å². The van der Waals surface area contributed by atoms with Crippen LogP contribution in [0, 0.1) is 11.7 Å². The van der Waals surface area contributed by atoms with Crippen molar-refractivity contribution < 1.29 is 9.18 Å². The van der Waals surface area contributed by atoms with Crippen molar-refractivity contribution in [2.24, 2.45) is 5.92 Å². The Morgan fingerprint density at radius 1 is 1.53 bits per heavy atom. The minimum atomic E-state index is -0.292. The lowest BCUT2D eigenvalue weighted by Gasteiger charge is -2.08. The zero-order chi connectivity index (χ0) is 10.8. The van der Waals surface area contributed by atoms with Gasteiger partial charge in [0.25, 0.3) is 0 Å². The van der Waals surface area contributed by atoms with Crippen molar-refractivity contribution in [1.82, 2.24) is 5.32 Å². The Morgan fingerprint density at radius 2 is 2.33 bits per heavy atom. The van der Waals surface area contributed by atoms with Gasteiger partial charge >= 0.3 is 0 Å². The summed E-state index contributed by atoms with van der Waals surface area (Å²) in [6, 6.07) is 4.43. The second-order valence-corrected chi connectivity index (χ2v) is 4.15. The van der Waals surface area contributed by atoms with E-state index < -0.39 is 0 Å². The molecule has 0 aromatic heterocycles. The average molecular weight is 228 g/mol. The van der Waals surface area contributed by atoms with Gasteiger partial charge in [0.1, 0.15) is 5.82 Å². The number of carbonyl (C=O) groups excluding carboxylic acids is 1. The van der Waals surface area contributed by atoms with Crippen LogP contribution in [0.15, 0.2) is 18.2 Å². The average Bonchev–Trinajstić information content (AvgIpc) is 2.58. The highest BCUT2D eigenvalue weighted by Gasteiger charge is 2.25. The van der Waals surface area contributed by atoms with Crippen LogP contribution >= 0.6 is 11.6 Å². The third kappa shape index (κ3) is 2.29. The molecular weight excluding hydrogens is 217 g/mol. The van der Waals surface area contributed by atoms with Gasteiger partial charge in [-0.15, -0.1) is 0 Å². The van der Waals surface area contributed by atoms with E-state index >= 15 is 0 Å². The summed E-state index contributed by atoms with van der Waals surface area (Å²) in [5.41, 5.74) is 0.518. The van der Waals surface area contributed by atoms with Gasteiger partial charge in [-0.1, -0.05) is 11.6 Å². The maximum Gasteiger partial charge on any atom is 0.223 e. The standard InChI is InChI=1S/C11H11ClFNO/c12-9-1-2-10(13)8(6-9)5-7-3-4-14-11(7)15/h1-2,6-7H,3-5H2,(H,14,15). The highest BCUT2D eigenvalue weighted by atomic mass is 35.5. The first-order valence-electron chi connectivity index (χ1n) is 4.88. The predicted molar refractivity (Wildman–Crippen MR) is 56.2 cm³/mol. The van der Waals surface area contributed by atoms with Crippen LogP contribution in [0.25, 0.3) is 0 Å². The van der Waals surface area contributed by atoms with E-state index in [0.29, 0.717) is 23.6 Å². The lowest BCUT2D eigenvalue weighted by Crippen LogP contribution is -2.20. The first-order chi connectivity index (χ1) is 7.16. The maximum absolute atomic E-state index is 13.4. The van der Waals surface area contributed by atoms with E-state index in [1.165, 1.54) is 12.1 Å². The van der Waals surface area contributed by atoms with Gasteiger partial charge in [0.2, 0.25) is 5.91 Å². The summed E-state index contributed by atoms with van der Waals surface area (Å²) < 4.78 is 13.4. The zero-order valence-electron chi connectivity index (χ0n) is 8.09. The quantitative estimate of drug-likeness (QED) is 0.824. The van der Waals surface area contributed by atoms with E-state index in [-0.39, 0.29) is 17.6 Å². The van der Waals surface area contributed by atoms with Gasteiger partial charge in [-0.05, 0) is 36.6 Å². The summed E-state index contributed by atoms with van der Waals surface area (Å²) in [7, 11) is 0. The molecule has 0 bridgehead atoms. The Hall–Kier alpha value is -1.09. The predicted octanol–water partition coefficient (Wildman–Crippen LogP) is 2.16. The van der Waals surface area contributed by atoms with Crippen molar-refractivity contribution in [2.45, 2.75) is 12.8 Å². The van der Waals surface area contributed by atoms with Gasteiger partial charge < -0.3 is 5.32 Å². The molecule has 1 aliphatic heterocycles. The molecule has 1 aliphatic rings. The van der Waals surface area contributed by atoms with Crippen molar-refractivity contribution in [1.29, 1.82) is 0 Å². The summed E-state index contributed by atoms with van der Waals surface area (Å²) >= 11 is 5.77. The van der Waals surface area contributed by atoms with Gasteiger partial charge in [-0.2, -0.15) is 0 Å². The molecule has 80 valence electrons. The summed E-state index contributed by atoms with van der Waals surface area (Å²) in [4.78, 5) is 11.3. The fourth-order valence-corrected chi connectivity index (χ4v) is 2.00. The largest absolute Gasteiger partial charge is 0.356 e. The molecule has 4 heteroatoms. The van der Waals surface area contributed by atoms with Gasteiger partial charge in [0.05, 0.1) is 0 Å². The van der Waals surface area contributed by atoms with Crippen LogP contribution in [0.2, 0.25) is 5.02 Å². The molecule has 15 heavy (non-hydrogen) atoms. The van der Waals surface area contributed by atoms with Crippen molar-refractivity contribution >= 4 is 17.5 Å². The lowest BCUT2D eigenvalue weighted by molar-refractivity contribution is -0.122. The summed E-state index contributed by atoms with van der Waals surface area (Å²) in [5, 5.41) is 3.23. The second kappa shape index (κ2) is 4.19. The van der Waals surface area contributed by atoms with Crippen LogP contribution in [-0.4, -0.2) is 12.5 Å². The number of benzene rings is 1. The van der Waals surface area contributed by atoms with Crippen LogP contribution in [-0.2, 0) is 11.2 Å². The third-order valence-corrected chi connectivity index (χ3v) is 2.87. The summed E-state index contributed by atoms with van der Waals surface area (Å²) in [5.74, 6) is -0.397. The Morgan fingerprint density at radius 3 is 3.00 bits per heavy atom. The number of nitrogens with one attached hydrogen (secondary N) is 1. The van der Waals surface area contributed by atoms with Crippen LogP contribution in [0.3, 0.4) is 0 Å². The number of amides is 1. The molecule has 1 amide bonds. The van der Waals surface area contributed by atoms with Crippen LogP contribution in [0.1, 0.15) is 12.0 Å². The monoisotopic (exact) mass is 227 g/mol. The number of hydrogen-bond acceptors (Lipinski definition) is 1. The number of carbonyl (C=O) groups is 1. The van der Waals surface area contributed by atoms with E-state index in [0.717, 1.165) is 6.42 Å². The molecule has 2 nitrogen and oxygen atoms in total. The second-order valence-electron chi connectivity index (χ2n) is 3.72. The molecular formula is C11H11ClFNO. The first-order valence-corrected chi connectivity index (χ1v) is 5.26. The van der Waals surface area contributed by atoms with Gasteiger partial charge in [0.15, 0.2) is 0 Å². The molecule has 1 atom stereocenters. The molecule has 1 saturated heterocycles. The Labute approximate surface area is 92.4 Å². The van der Waals surface area contributed by atoms with E-state index in [9.17, 15) is 9.18 Å². The number of halogens is 2. The van der Waals surface area contributed by atoms with E-state index in [1.54, 1.807) is 6.07 Å². The number of hydrogen-bond donors (Lipinski definition) is 1. The normalized spacial score (nSPS) is 20.4. The molecule has 1 unspecified atom stereocenters. The Bertz CT molecular complexity index is 394. The van der Waals surface area contributed by atoms with Crippen LogP contribution < -0.4 is 5.32 Å². The molecule has 0 spiro atoms. The lowest BCUT2D eigenvalue weighted by atomic mass is 9.98. The van der Waals surface area contributed by atoms with Crippen molar-refractivity contribution in [2.75, 3.05) is 6.54 Å². The molecule has 1 heterocycles.